The van der Waals surface area contributed by atoms with Crippen molar-refractivity contribution in [1.29, 1.82) is 0 Å². The van der Waals surface area contributed by atoms with E-state index >= 15 is 0 Å². The van der Waals surface area contributed by atoms with E-state index in [0.717, 1.165) is 19.3 Å². The van der Waals surface area contributed by atoms with Crippen LogP contribution >= 0.6 is 0 Å². The predicted octanol–water partition coefficient (Wildman–Crippen LogP) is 2.13. The van der Waals surface area contributed by atoms with Crippen molar-refractivity contribution in [2.75, 3.05) is 24.1 Å². The number of unbranched alkanes of at least 4 members (excludes halogenated alkanes) is 1. The Morgan fingerprint density at radius 3 is 2.65 bits per heavy atom. The summed E-state index contributed by atoms with van der Waals surface area (Å²) in [6.07, 6.45) is 2.93. The first kappa shape index (κ1) is 27.9. The molecule has 1 aliphatic rings. The maximum absolute atomic E-state index is 13.4. The summed E-state index contributed by atoms with van der Waals surface area (Å²) in [7, 11) is 0. The average molecular weight is 511 g/mol. The van der Waals surface area contributed by atoms with Gasteiger partial charge in [0.2, 0.25) is 11.8 Å². The summed E-state index contributed by atoms with van der Waals surface area (Å²) in [6, 6.07) is 8.91. The minimum absolute atomic E-state index is 0.0406. The largest absolute Gasteiger partial charge is 0.488 e. The number of hydrogen-bond acceptors (Lipinski definition) is 7. The lowest BCUT2D eigenvalue weighted by molar-refractivity contribution is -0.118. The first-order valence-corrected chi connectivity index (χ1v) is 12.7. The summed E-state index contributed by atoms with van der Waals surface area (Å²) in [5, 5.41) is 9.42. The molecule has 0 aliphatic carbocycles. The van der Waals surface area contributed by atoms with Gasteiger partial charge in [0.05, 0.1) is 11.6 Å². The van der Waals surface area contributed by atoms with Crippen molar-refractivity contribution >= 4 is 29.1 Å². The van der Waals surface area contributed by atoms with E-state index in [0.29, 0.717) is 47.8 Å². The minimum atomic E-state index is -0.608. The number of rotatable bonds is 7. The van der Waals surface area contributed by atoms with E-state index in [-0.39, 0.29) is 35.9 Å². The lowest BCUT2D eigenvalue weighted by atomic mass is 9.97. The Labute approximate surface area is 217 Å². The molecule has 37 heavy (non-hydrogen) atoms. The van der Waals surface area contributed by atoms with Gasteiger partial charge in [0.25, 0.3) is 5.91 Å². The Balaban J connectivity index is 2.04. The van der Waals surface area contributed by atoms with E-state index in [2.05, 4.69) is 29.8 Å². The third-order valence-electron chi connectivity index (χ3n) is 6.78. The molecule has 0 saturated heterocycles. The molecule has 0 radical (unpaired) electrons. The second-order valence-corrected chi connectivity index (χ2v) is 9.48. The van der Waals surface area contributed by atoms with Crippen LogP contribution in [0.5, 0.6) is 5.75 Å². The van der Waals surface area contributed by atoms with E-state index < -0.39 is 11.9 Å². The van der Waals surface area contributed by atoms with E-state index in [9.17, 15) is 14.4 Å². The quantitative estimate of drug-likeness (QED) is 0.244. The number of primary amides is 1. The van der Waals surface area contributed by atoms with Crippen LogP contribution in [0, 0.1) is 5.92 Å². The number of hydrogen-bond donors (Lipinski definition) is 6. The molecular weight excluding hydrogens is 472 g/mol. The van der Waals surface area contributed by atoms with Gasteiger partial charge in [-0.3, -0.25) is 14.4 Å². The summed E-state index contributed by atoms with van der Waals surface area (Å²) in [6.45, 7) is 5.06. The van der Waals surface area contributed by atoms with Crippen LogP contribution in [0.4, 0.5) is 11.4 Å². The third-order valence-corrected chi connectivity index (χ3v) is 6.78. The van der Waals surface area contributed by atoms with Crippen LogP contribution < -0.4 is 37.9 Å². The van der Waals surface area contributed by atoms with Crippen molar-refractivity contribution in [3.63, 3.8) is 0 Å². The van der Waals surface area contributed by atoms with Crippen LogP contribution in [0.1, 0.15) is 65.8 Å². The molecule has 0 bridgehead atoms. The molecule has 3 amide bonds. The number of nitrogens with two attached hydrogens (primary N) is 3. The van der Waals surface area contributed by atoms with Crippen LogP contribution in [0.15, 0.2) is 36.4 Å². The van der Waals surface area contributed by atoms with Gasteiger partial charge < -0.3 is 37.9 Å². The second kappa shape index (κ2) is 13.1. The number of nitrogen functional groups attached to an aromatic ring is 1. The average Bonchev–Trinajstić information content (AvgIpc) is 2.88. The Kier molecular flexibility index (Phi) is 9.87. The van der Waals surface area contributed by atoms with Crippen LogP contribution in [-0.2, 0) is 11.4 Å². The van der Waals surface area contributed by atoms with Crippen molar-refractivity contribution in [2.45, 2.75) is 58.2 Å². The van der Waals surface area contributed by atoms with Gasteiger partial charge in [-0.15, -0.1) is 0 Å². The van der Waals surface area contributed by atoms with Gasteiger partial charge in [-0.2, -0.15) is 0 Å². The highest BCUT2D eigenvalue weighted by Crippen LogP contribution is 2.26. The maximum Gasteiger partial charge on any atom is 0.255 e. The van der Waals surface area contributed by atoms with Crippen molar-refractivity contribution in [3.05, 3.63) is 53.1 Å². The highest BCUT2D eigenvalue weighted by molar-refractivity contribution is 5.99. The van der Waals surface area contributed by atoms with Crippen LogP contribution in [0.3, 0.4) is 0 Å². The molecule has 1 unspecified atom stereocenters. The smallest absolute Gasteiger partial charge is 0.255 e. The van der Waals surface area contributed by atoms with E-state index in [1.807, 2.05) is 0 Å². The van der Waals surface area contributed by atoms with E-state index in [1.54, 1.807) is 36.4 Å². The molecule has 2 aromatic carbocycles. The first-order chi connectivity index (χ1) is 17.7. The van der Waals surface area contributed by atoms with Gasteiger partial charge in [0.1, 0.15) is 12.4 Å². The van der Waals surface area contributed by atoms with Gasteiger partial charge in [-0.25, -0.2) is 0 Å². The Bertz CT molecular complexity index is 1120. The third kappa shape index (κ3) is 7.43. The van der Waals surface area contributed by atoms with Crippen LogP contribution in [0.2, 0.25) is 0 Å². The van der Waals surface area contributed by atoms with Crippen molar-refractivity contribution < 1.29 is 19.1 Å². The van der Waals surface area contributed by atoms with Crippen molar-refractivity contribution in [2.24, 2.45) is 17.4 Å². The van der Waals surface area contributed by atoms with Gasteiger partial charge in [-0.05, 0) is 55.6 Å². The SMILES string of the molecule is CC[C@H](C)C1CN[C@@H](CCCCN)C(=O)Nc2cc(C(N)=O)ccc2COc2ccc(N)cc2C(=O)N1. The number of carbonyl (C=O) groups is 3. The zero-order chi connectivity index (χ0) is 26.9. The van der Waals surface area contributed by atoms with Gasteiger partial charge in [0.15, 0.2) is 0 Å². The fraction of sp³-hybridized carbons (Fsp3) is 0.444. The molecule has 10 nitrogen and oxygen atoms in total. The summed E-state index contributed by atoms with van der Waals surface area (Å²) < 4.78 is 6.03. The molecular formula is C27H38N6O4. The monoisotopic (exact) mass is 510 g/mol. The standard InChI is InChI=1S/C27H38N6O4/c1-3-16(2)23-14-31-21(6-4-5-11-28)27(36)32-22-12-17(25(30)34)7-8-18(22)15-37-24-10-9-19(29)13-20(24)26(35)33-23/h7-10,12-13,16,21,23,31H,3-6,11,14-15,28-29H2,1-2H3,(H2,30,34)(H,32,36)(H,33,35)/t16-,21-,23?/m0/s1. The molecule has 200 valence electrons. The lowest BCUT2D eigenvalue weighted by Gasteiger charge is -2.28. The molecule has 0 fully saturated rings. The molecule has 1 aliphatic heterocycles. The van der Waals surface area contributed by atoms with Crippen molar-refractivity contribution in [3.8, 4) is 5.75 Å². The fourth-order valence-corrected chi connectivity index (χ4v) is 4.21. The first-order valence-electron chi connectivity index (χ1n) is 12.7. The molecule has 2 aromatic rings. The predicted molar refractivity (Wildman–Crippen MR) is 144 cm³/mol. The van der Waals surface area contributed by atoms with Crippen LogP contribution in [-0.4, -0.2) is 42.9 Å². The number of carbonyl (C=O) groups excluding carboxylic acids is 3. The van der Waals surface area contributed by atoms with E-state index in [4.69, 9.17) is 21.9 Å². The highest BCUT2D eigenvalue weighted by atomic mass is 16.5. The number of fused-ring (bicyclic) bond motifs is 2. The highest BCUT2D eigenvalue weighted by Gasteiger charge is 2.26. The Morgan fingerprint density at radius 1 is 1.16 bits per heavy atom. The molecule has 10 heteroatoms. The summed E-state index contributed by atoms with van der Waals surface area (Å²) in [4.78, 5) is 38.6. The Hall–Kier alpha value is -3.63. The molecule has 0 aromatic heterocycles. The fourth-order valence-electron chi connectivity index (χ4n) is 4.21. The minimum Gasteiger partial charge on any atom is -0.488 e. The zero-order valence-electron chi connectivity index (χ0n) is 21.5. The Morgan fingerprint density at radius 2 is 1.95 bits per heavy atom. The normalized spacial score (nSPS) is 19.3. The van der Waals surface area contributed by atoms with Gasteiger partial charge >= 0.3 is 0 Å². The number of nitrogens with one attached hydrogen (secondary N) is 3. The number of anilines is 2. The van der Waals surface area contributed by atoms with Gasteiger partial charge in [-0.1, -0.05) is 32.8 Å². The van der Waals surface area contributed by atoms with Crippen LogP contribution in [0.25, 0.3) is 0 Å². The number of amides is 3. The zero-order valence-corrected chi connectivity index (χ0v) is 21.5. The van der Waals surface area contributed by atoms with E-state index in [1.165, 1.54) is 0 Å². The lowest BCUT2D eigenvalue weighted by Crippen LogP contribution is -2.51. The molecule has 0 spiro atoms. The number of benzene rings is 2. The maximum atomic E-state index is 13.4. The molecule has 3 rings (SSSR count). The molecule has 0 saturated carbocycles. The summed E-state index contributed by atoms with van der Waals surface area (Å²) in [5.41, 5.74) is 19.2. The topological polar surface area (TPSA) is 175 Å². The molecule has 9 N–H and O–H groups in total. The molecule has 3 atom stereocenters. The molecule has 1 heterocycles. The number of ether oxygens (including phenoxy) is 1. The summed E-state index contributed by atoms with van der Waals surface area (Å²) in [5.74, 6) is -0.667. The van der Waals surface area contributed by atoms with Gasteiger partial charge in [0, 0.05) is 35.1 Å². The summed E-state index contributed by atoms with van der Waals surface area (Å²) >= 11 is 0. The van der Waals surface area contributed by atoms with Crippen molar-refractivity contribution in [1.82, 2.24) is 10.6 Å². The second-order valence-electron chi connectivity index (χ2n) is 9.48.